The molecule has 0 spiro atoms. The molecule has 0 rings (SSSR count). The summed E-state index contributed by atoms with van der Waals surface area (Å²) in [5, 5.41) is 0. The lowest BCUT2D eigenvalue weighted by Gasteiger charge is -2.09. The van der Waals surface area contributed by atoms with Crippen molar-refractivity contribution in [3.05, 3.63) is 25.3 Å². The Morgan fingerprint density at radius 3 is 1.45 bits per heavy atom. The maximum atomic E-state index is 4.02. The number of hydrogen-bond acceptors (Lipinski definition) is 0. The molecule has 1 unspecified atom stereocenters. The molecule has 0 aliphatic carbocycles. The third-order valence-electron chi connectivity index (χ3n) is 3.09. The van der Waals surface area contributed by atoms with Gasteiger partial charge in [-0.15, -0.1) is 13.2 Å². The van der Waals surface area contributed by atoms with Gasteiger partial charge in [0.05, 0.1) is 0 Å². The van der Waals surface area contributed by atoms with Crippen LogP contribution in [0.5, 0.6) is 0 Å². The monoisotopic (exact) mass is 284 g/mol. The summed E-state index contributed by atoms with van der Waals surface area (Å²) in [4.78, 5) is 0. The minimum absolute atomic E-state index is 0.727. The van der Waals surface area contributed by atoms with E-state index in [1.807, 2.05) is 13.8 Å². The first-order valence-electron chi connectivity index (χ1n) is 8.81. The maximum Gasteiger partial charge on any atom is -0.0237 e. The smallest absolute Gasteiger partial charge is 0.0237 e. The molecule has 0 radical (unpaired) electrons. The zero-order chi connectivity index (χ0) is 16.8. The van der Waals surface area contributed by atoms with Crippen molar-refractivity contribution < 1.29 is 0 Å². The maximum absolute atomic E-state index is 4.02. The fourth-order valence-corrected chi connectivity index (χ4v) is 1.53. The predicted octanol–water partition coefficient (Wildman–Crippen LogP) is 8.19. The van der Waals surface area contributed by atoms with E-state index < -0.39 is 0 Å². The number of allylic oxidation sites excluding steroid dienone is 1. The van der Waals surface area contributed by atoms with Gasteiger partial charge in [0.25, 0.3) is 0 Å². The Morgan fingerprint density at radius 2 is 1.20 bits per heavy atom. The van der Waals surface area contributed by atoms with Crippen molar-refractivity contribution in [3.8, 4) is 0 Å². The fraction of sp³-hybridized carbons (Fsp3) is 0.800. The Kier molecular flexibility index (Phi) is 43.1. The summed E-state index contributed by atoms with van der Waals surface area (Å²) in [5.41, 5.74) is 1.42. The molecule has 0 aromatic heterocycles. The molecule has 0 saturated heterocycles. The largest absolute Gasteiger partial charge is 0.106 e. The van der Waals surface area contributed by atoms with Crippen molar-refractivity contribution in [1.82, 2.24) is 0 Å². The molecule has 0 aliphatic rings. The number of hydrogen-bond donors (Lipinski definition) is 0. The van der Waals surface area contributed by atoms with E-state index in [9.17, 15) is 0 Å². The van der Waals surface area contributed by atoms with E-state index in [0.717, 1.165) is 5.92 Å². The summed E-state index contributed by atoms with van der Waals surface area (Å²) >= 11 is 0. The minimum Gasteiger partial charge on any atom is -0.106 e. The van der Waals surface area contributed by atoms with Crippen LogP contribution in [0.3, 0.4) is 0 Å². The summed E-state index contributed by atoms with van der Waals surface area (Å²) in [5.74, 6) is 0.727. The van der Waals surface area contributed by atoms with Gasteiger partial charge in [-0.2, -0.15) is 0 Å². The zero-order valence-electron chi connectivity index (χ0n) is 15.9. The topological polar surface area (TPSA) is 0 Å². The first-order chi connectivity index (χ1) is 9.63. The first-order valence-corrected chi connectivity index (χ1v) is 8.81. The highest BCUT2D eigenvalue weighted by atomic mass is 14.1. The average molecular weight is 285 g/mol. The molecule has 0 N–H and O–H groups in total. The standard InChI is InChI=1S/C9H18.C7H16.C2H6.C2H4/c1-5-7-9(4)8(3)6-2;1-3-5-7-6-4-2;2*1-2/h8H,4-7H2,1-3H3;3-7H2,1-2H3;1-2H3;1-2H2. The molecule has 1 atom stereocenters. The van der Waals surface area contributed by atoms with Gasteiger partial charge < -0.3 is 0 Å². The highest BCUT2D eigenvalue weighted by Gasteiger charge is 2.00. The molecule has 0 aromatic carbocycles. The third kappa shape index (κ3) is 30.5. The second kappa shape index (κ2) is 31.1. The van der Waals surface area contributed by atoms with E-state index in [-0.39, 0.29) is 0 Å². The number of rotatable bonds is 8. The van der Waals surface area contributed by atoms with Gasteiger partial charge in [0.2, 0.25) is 0 Å². The first kappa shape index (κ1) is 27.8. The van der Waals surface area contributed by atoms with Gasteiger partial charge in [0, 0.05) is 0 Å². The highest BCUT2D eigenvalue weighted by Crippen LogP contribution is 2.16. The van der Waals surface area contributed by atoms with Crippen LogP contribution in [-0.4, -0.2) is 0 Å². The van der Waals surface area contributed by atoms with Crippen LogP contribution in [0.25, 0.3) is 0 Å². The molecule has 0 saturated carbocycles. The fourth-order valence-electron chi connectivity index (χ4n) is 1.53. The molecule has 0 nitrogen and oxygen atoms in total. The SMILES string of the molecule is C=C.C=C(CCC)C(C)CC.CC.CCCCCCC. The quantitative estimate of drug-likeness (QED) is 0.311. The van der Waals surface area contributed by atoms with Gasteiger partial charge in [0.1, 0.15) is 0 Å². The Hall–Kier alpha value is -0.520. The van der Waals surface area contributed by atoms with Gasteiger partial charge in [-0.1, -0.05) is 99.1 Å². The summed E-state index contributed by atoms with van der Waals surface area (Å²) in [6.07, 6.45) is 10.7. The van der Waals surface area contributed by atoms with E-state index in [2.05, 4.69) is 54.4 Å². The van der Waals surface area contributed by atoms with E-state index >= 15 is 0 Å². The molecular weight excluding hydrogens is 240 g/mol. The van der Waals surface area contributed by atoms with Crippen LogP contribution in [0.15, 0.2) is 25.3 Å². The molecule has 124 valence electrons. The van der Waals surface area contributed by atoms with Gasteiger partial charge in [0.15, 0.2) is 0 Å². The number of unbranched alkanes of at least 4 members (excludes halogenated alkanes) is 4. The average Bonchev–Trinajstić information content (AvgIpc) is 2.52. The van der Waals surface area contributed by atoms with Crippen LogP contribution < -0.4 is 0 Å². The molecule has 0 heterocycles. The molecule has 0 fully saturated rings. The van der Waals surface area contributed by atoms with Crippen molar-refractivity contribution in [1.29, 1.82) is 0 Å². The van der Waals surface area contributed by atoms with Gasteiger partial charge in [-0.3, -0.25) is 0 Å². The normalized spacial score (nSPS) is 9.75. The van der Waals surface area contributed by atoms with Crippen molar-refractivity contribution in [2.24, 2.45) is 5.92 Å². The van der Waals surface area contributed by atoms with E-state index in [1.165, 1.54) is 56.9 Å². The van der Waals surface area contributed by atoms with Gasteiger partial charge in [-0.25, -0.2) is 0 Å². The van der Waals surface area contributed by atoms with Crippen molar-refractivity contribution in [3.63, 3.8) is 0 Å². The van der Waals surface area contributed by atoms with Crippen molar-refractivity contribution in [2.75, 3.05) is 0 Å². The lowest BCUT2D eigenvalue weighted by molar-refractivity contribution is 0.621. The molecule has 0 aliphatic heterocycles. The van der Waals surface area contributed by atoms with Crippen LogP contribution in [0.1, 0.15) is 99.8 Å². The summed E-state index contributed by atoms with van der Waals surface area (Å²) < 4.78 is 0. The summed E-state index contributed by atoms with van der Waals surface area (Å²) in [7, 11) is 0. The molecular formula is C20H44. The Balaban J connectivity index is -0.000000104. The second-order valence-electron chi connectivity index (χ2n) is 4.78. The molecule has 0 amide bonds. The van der Waals surface area contributed by atoms with Gasteiger partial charge in [-0.05, 0) is 18.8 Å². The van der Waals surface area contributed by atoms with Crippen LogP contribution in [-0.2, 0) is 0 Å². The predicted molar refractivity (Wildman–Crippen MR) is 101 cm³/mol. The lowest BCUT2D eigenvalue weighted by Crippen LogP contribution is -1.94. The molecule has 0 aromatic rings. The van der Waals surface area contributed by atoms with E-state index in [4.69, 9.17) is 0 Å². The lowest BCUT2D eigenvalue weighted by atomic mass is 9.97. The Morgan fingerprint density at radius 1 is 0.800 bits per heavy atom. The highest BCUT2D eigenvalue weighted by molar-refractivity contribution is 4.97. The third-order valence-corrected chi connectivity index (χ3v) is 3.09. The van der Waals surface area contributed by atoms with E-state index in [0.29, 0.717) is 0 Å². The van der Waals surface area contributed by atoms with Crippen LogP contribution in [0, 0.1) is 5.92 Å². The Bertz CT molecular complexity index is 142. The molecule has 20 heavy (non-hydrogen) atoms. The molecule has 0 bridgehead atoms. The molecule has 0 heteroatoms. The summed E-state index contributed by atoms with van der Waals surface area (Å²) in [6.45, 7) is 25.2. The van der Waals surface area contributed by atoms with E-state index in [1.54, 1.807) is 0 Å². The second-order valence-corrected chi connectivity index (χ2v) is 4.78. The van der Waals surface area contributed by atoms with Gasteiger partial charge >= 0.3 is 0 Å². The van der Waals surface area contributed by atoms with Crippen molar-refractivity contribution >= 4 is 0 Å². The zero-order valence-corrected chi connectivity index (χ0v) is 15.9. The summed E-state index contributed by atoms with van der Waals surface area (Å²) in [6, 6.07) is 0. The van der Waals surface area contributed by atoms with Crippen LogP contribution in [0.2, 0.25) is 0 Å². The van der Waals surface area contributed by atoms with Crippen LogP contribution >= 0.6 is 0 Å². The van der Waals surface area contributed by atoms with Crippen LogP contribution in [0.4, 0.5) is 0 Å². The Labute approximate surface area is 131 Å². The minimum atomic E-state index is 0.727. The van der Waals surface area contributed by atoms with Crippen molar-refractivity contribution in [2.45, 2.75) is 99.8 Å².